The molecule has 0 radical (unpaired) electrons. The first-order chi connectivity index (χ1) is 8.57. The number of nitrogens with two attached hydrogens (primary N) is 1. The van der Waals surface area contributed by atoms with Crippen LogP contribution in [0, 0.1) is 12.3 Å². The molecular formula is C15H22N2O. The largest absolute Gasteiger partial charge is 0.397 e. The van der Waals surface area contributed by atoms with E-state index < -0.39 is 0 Å². The van der Waals surface area contributed by atoms with Crippen molar-refractivity contribution < 1.29 is 4.79 Å². The number of nitrogens with one attached hydrogen (secondary N) is 1. The molecule has 0 atom stereocenters. The molecule has 1 fully saturated rings. The highest BCUT2D eigenvalue weighted by atomic mass is 16.2. The SMILES string of the molecule is CCC1(C(=O)Nc2ccc(C)cc2N)CCCC1. The first-order valence-electron chi connectivity index (χ1n) is 6.75. The number of anilines is 2. The molecule has 3 N–H and O–H groups in total. The van der Waals surface area contributed by atoms with Gasteiger partial charge in [-0.3, -0.25) is 4.79 Å². The van der Waals surface area contributed by atoms with E-state index in [0.717, 1.165) is 43.4 Å². The van der Waals surface area contributed by atoms with Crippen LogP contribution in [0.4, 0.5) is 11.4 Å². The molecule has 18 heavy (non-hydrogen) atoms. The van der Waals surface area contributed by atoms with E-state index in [2.05, 4.69) is 12.2 Å². The molecule has 3 heteroatoms. The molecule has 0 unspecified atom stereocenters. The summed E-state index contributed by atoms with van der Waals surface area (Å²) < 4.78 is 0. The minimum atomic E-state index is -0.169. The van der Waals surface area contributed by atoms with E-state index in [1.807, 2.05) is 25.1 Å². The molecule has 0 aromatic heterocycles. The van der Waals surface area contributed by atoms with Crippen LogP contribution in [0.3, 0.4) is 0 Å². The molecule has 0 saturated heterocycles. The molecular weight excluding hydrogens is 224 g/mol. The molecule has 1 saturated carbocycles. The molecule has 1 aliphatic rings. The highest BCUT2D eigenvalue weighted by Gasteiger charge is 2.39. The zero-order chi connectivity index (χ0) is 13.2. The average Bonchev–Trinajstić information content (AvgIpc) is 2.82. The standard InChI is InChI=1S/C15H22N2O/c1-3-15(8-4-5-9-15)14(18)17-13-7-6-11(2)10-12(13)16/h6-7,10H,3-5,8-9,16H2,1-2H3,(H,17,18). The number of hydrogen-bond donors (Lipinski definition) is 2. The lowest BCUT2D eigenvalue weighted by atomic mass is 9.82. The lowest BCUT2D eigenvalue weighted by Crippen LogP contribution is -2.33. The van der Waals surface area contributed by atoms with Crippen LogP contribution < -0.4 is 11.1 Å². The predicted octanol–water partition coefficient (Wildman–Crippen LogP) is 3.49. The van der Waals surface area contributed by atoms with Gasteiger partial charge in [0.25, 0.3) is 0 Å². The lowest BCUT2D eigenvalue weighted by molar-refractivity contribution is -0.125. The van der Waals surface area contributed by atoms with Crippen molar-refractivity contribution in [3.63, 3.8) is 0 Å². The van der Waals surface area contributed by atoms with E-state index in [4.69, 9.17) is 5.73 Å². The molecule has 0 spiro atoms. The molecule has 1 aromatic rings. The number of carbonyl (C=O) groups is 1. The Morgan fingerprint density at radius 3 is 2.61 bits per heavy atom. The predicted molar refractivity (Wildman–Crippen MR) is 75.4 cm³/mol. The van der Waals surface area contributed by atoms with Gasteiger partial charge in [-0.2, -0.15) is 0 Å². The van der Waals surface area contributed by atoms with Crippen molar-refractivity contribution in [2.45, 2.75) is 46.0 Å². The second-order valence-corrected chi connectivity index (χ2v) is 5.39. The van der Waals surface area contributed by atoms with Gasteiger partial charge in [-0.25, -0.2) is 0 Å². The molecule has 98 valence electrons. The van der Waals surface area contributed by atoms with Crippen molar-refractivity contribution in [2.24, 2.45) is 5.41 Å². The Balaban J connectivity index is 2.15. The third-order valence-electron chi connectivity index (χ3n) is 4.17. The number of rotatable bonds is 3. The number of aryl methyl sites for hydroxylation is 1. The quantitative estimate of drug-likeness (QED) is 0.802. The molecule has 3 nitrogen and oxygen atoms in total. The van der Waals surface area contributed by atoms with Crippen molar-refractivity contribution >= 4 is 17.3 Å². The van der Waals surface area contributed by atoms with E-state index >= 15 is 0 Å². The van der Waals surface area contributed by atoms with E-state index in [1.54, 1.807) is 0 Å². The summed E-state index contributed by atoms with van der Waals surface area (Å²) in [5.41, 5.74) is 8.26. The first-order valence-corrected chi connectivity index (χ1v) is 6.75. The van der Waals surface area contributed by atoms with Gasteiger partial charge in [0.05, 0.1) is 11.4 Å². The van der Waals surface area contributed by atoms with Gasteiger partial charge >= 0.3 is 0 Å². The lowest BCUT2D eigenvalue weighted by Gasteiger charge is -2.26. The molecule has 2 rings (SSSR count). The highest BCUT2D eigenvalue weighted by Crippen LogP contribution is 2.42. The van der Waals surface area contributed by atoms with Gasteiger partial charge in [0.15, 0.2) is 0 Å². The summed E-state index contributed by atoms with van der Waals surface area (Å²) in [5.74, 6) is 0.137. The van der Waals surface area contributed by atoms with Crippen molar-refractivity contribution in [3.05, 3.63) is 23.8 Å². The third-order valence-corrected chi connectivity index (χ3v) is 4.17. The van der Waals surface area contributed by atoms with Gasteiger partial charge in [0.1, 0.15) is 0 Å². The second kappa shape index (κ2) is 5.01. The average molecular weight is 246 g/mol. The highest BCUT2D eigenvalue weighted by molar-refractivity contribution is 5.97. The van der Waals surface area contributed by atoms with Gasteiger partial charge in [-0.15, -0.1) is 0 Å². The summed E-state index contributed by atoms with van der Waals surface area (Å²) in [7, 11) is 0. The molecule has 0 bridgehead atoms. The molecule has 0 heterocycles. The maximum absolute atomic E-state index is 12.4. The Morgan fingerprint density at radius 2 is 2.06 bits per heavy atom. The summed E-state index contributed by atoms with van der Waals surface area (Å²) >= 11 is 0. The minimum absolute atomic E-state index is 0.137. The molecule has 1 amide bonds. The van der Waals surface area contributed by atoms with Crippen LogP contribution in [0.2, 0.25) is 0 Å². The fourth-order valence-corrected chi connectivity index (χ4v) is 2.84. The smallest absolute Gasteiger partial charge is 0.230 e. The van der Waals surface area contributed by atoms with E-state index in [0.29, 0.717) is 5.69 Å². The third kappa shape index (κ3) is 2.35. The molecule has 1 aromatic carbocycles. The zero-order valence-electron chi connectivity index (χ0n) is 11.3. The summed E-state index contributed by atoms with van der Waals surface area (Å²) in [6.07, 6.45) is 5.22. The number of nitrogen functional groups attached to an aromatic ring is 1. The normalized spacial score (nSPS) is 17.7. The van der Waals surface area contributed by atoms with E-state index in [9.17, 15) is 4.79 Å². The summed E-state index contributed by atoms with van der Waals surface area (Å²) in [5, 5.41) is 3.01. The monoisotopic (exact) mass is 246 g/mol. The topological polar surface area (TPSA) is 55.1 Å². The van der Waals surface area contributed by atoms with Crippen LogP contribution in [-0.2, 0) is 4.79 Å². The van der Waals surface area contributed by atoms with Crippen LogP contribution in [-0.4, -0.2) is 5.91 Å². The minimum Gasteiger partial charge on any atom is -0.397 e. The van der Waals surface area contributed by atoms with Gasteiger partial charge in [-0.1, -0.05) is 25.8 Å². The van der Waals surface area contributed by atoms with Crippen molar-refractivity contribution in [2.75, 3.05) is 11.1 Å². The summed E-state index contributed by atoms with van der Waals surface area (Å²) in [6, 6.07) is 5.75. The van der Waals surface area contributed by atoms with Crippen molar-refractivity contribution in [3.8, 4) is 0 Å². The number of amides is 1. The van der Waals surface area contributed by atoms with Crippen LogP contribution in [0.1, 0.15) is 44.6 Å². The summed E-state index contributed by atoms with van der Waals surface area (Å²) in [6.45, 7) is 4.09. The fourth-order valence-electron chi connectivity index (χ4n) is 2.84. The van der Waals surface area contributed by atoms with E-state index in [1.165, 1.54) is 0 Å². The van der Waals surface area contributed by atoms with Crippen LogP contribution in [0.15, 0.2) is 18.2 Å². The Labute approximate surface area is 109 Å². The maximum Gasteiger partial charge on any atom is 0.230 e. The van der Waals surface area contributed by atoms with Crippen LogP contribution in [0.5, 0.6) is 0 Å². The molecule has 0 aliphatic heterocycles. The Bertz CT molecular complexity index is 448. The van der Waals surface area contributed by atoms with Crippen LogP contribution >= 0.6 is 0 Å². The maximum atomic E-state index is 12.4. The number of hydrogen-bond acceptors (Lipinski definition) is 2. The van der Waals surface area contributed by atoms with Crippen molar-refractivity contribution in [1.29, 1.82) is 0 Å². The van der Waals surface area contributed by atoms with Crippen LogP contribution in [0.25, 0.3) is 0 Å². The van der Waals surface area contributed by atoms with Gasteiger partial charge in [-0.05, 0) is 43.9 Å². The number of carbonyl (C=O) groups excluding carboxylic acids is 1. The second-order valence-electron chi connectivity index (χ2n) is 5.39. The number of benzene rings is 1. The molecule has 1 aliphatic carbocycles. The van der Waals surface area contributed by atoms with Gasteiger partial charge in [0, 0.05) is 5.41 Å². The summed E-state index contributed by atoms with van der Waals surface area (Å²) in [4.78, 5) is 12.4. The van der Waals surface area contributed by atoms with E-state index in [-0.39, 0.29) is 11.3 Å². The fraction of sp³-hybridized carbons (Fsp3) is 0.533. The van der Waals surface area contributed by atoms with Gasteiger partial charge in [0.2, 0.25) is 5.91 Å². The Kier molecular flexibility index (Phi) is 3.60. The van der Waals surface area contributed by atoms with Gasteiger partial charge < -0.3 is 11.1 Å². The Morgan fingerprint density at radius 1 is 1.39 bits per heavy atom. The zero-order valence-corrected chi connectivity index (χ0v) is 11.3. The Hall–Kier alpha value is -1.51. The van der Waals surface area contributed by atoms with Crippen molar-refractivity contribution in [1.82, 2.24) is 0 Å². The first kappa shape index (κ1) is 12.9.